The average Bonchev–Trinajstić information content (AvgIpc) is 2.79. The molecule has 0 atom stereocenters. The van der Waals surface area contributed by atoms with Gasteiger partial charge in [-0.15, -0.1) is 0 Å². The average molecular weight is 320 g/mol. The highest BCUT2D eigenvalue weighted by molar-refractivity contribution is 7.98. The van der Waals surface area contributed by atoms with E-state index in [-0.39, 0.29) is 11.4 Å². The van der Waals surface area contributed by atoms with Crippen molar-refractivity contribution in [3.05, 3.63) is 11.4 Å². The van der Waals surface area contributed by atoms with Crippen LogP contribution in [0.1, 0.15) is 37.1 Å². The molecule has 116 valence electrons. The van der Waals surface area contributed by atoms with Gasteiger partial charge in [-0.05, 0) is 31.8 Å². The van der Waals surface area contributed by atoms with Crippen LogP contribution in [-0.2, 0) is 16.6 Å². The topological polar surface area (TPSA) is 101 Å². The molecule has 0 unspecified atom stereocenters. The van der Waals surface area contributed by atoms with E-state index in [1.54, 1.807) is 6.92 Å². The van der Waals surface area contributed by atoms with Gasteiger partial charge in [0.25, 0.3) is 0 Å². The maximum atomic E-state index is 12.2. The van der Waals surface area contributed by atoms with E-state index in [4.69, 9.17) is 5.73 Å². The van der Waals surface area contributed by atoms with E-state index in [0.29, 0.717) is 17.9 Å². The van der Waals surface area contributed by atoms with E-state index in [9.17, 15) is 8.42 Å². The van der Waals surface area contributed by atoms with Crippen molar-refractivity contribution in [2.24, 2.45) is 5.73 Å². The largest absolute Gasteiger partial charge is 0.325 e. The van der Waals surface area contributed by atoms with E-state index >= 15 is 0 Å². The maximum absolute atomic E-state index is 12.2. The van der Waals surface area contributed by atoms with Crippen LogP contribution in [0.25, 0.3) is 0 Å². The quantitative estimate of drug-likeness (QED) is 0.565. The fraction of sp³-hybridized carbons (Fsp3) is 0.750. The molecule has 0 aliphatic carbocycles. The van der Waals surface area contributed by atoms with Crippen LogP contribution < -0.4 is 10.5 Å². The van der Waals surface area contributed by atoms with Crippen molar-refractivity contribution in [1.82, 2.24) is 14.9 Å². The lowest BCUT2D eigenvalue weighted by Crippen LogP contribution is -2.26. The zero-order chi connectivity index (χ0) is 15.0. The Morgan fingerprint density at radius 1 is 1.30 bits per heavy atom. The standard InChI is InChI=1S/C12H24N4O2S2/c1-10-12(11(9-13)16-15-10)20(17,18)14-7-5-3-4-6-8-19-2/h14H,3-9,13H2,1-2H3,(H,15,16). The highest BCUT2D eigenvalue weighted by Gasteiger charge is 2.22. The number of aromatic nitrogens is 2. The van der Waals surface area contributed by atoms with Crippen LogP contribution in [-0.4, -0.2) is 37.2 Å². The first-order valence-electron chi connectivity index (χ1n) is 6.75. The van der Waals surface area contributed by atoms with Crippen LogP contribution >= 0.6 is 11.8 Å². The summed E-state index contributed by atoms with van der Waals surface area (Å²) in [4.78, 5) is 0.197. The van der Waals surface area contributed by atoms with Crippen LogP contribution in [0.2, 0.25) is 0 Å². The number of hydrogen-bond donors (Lipinski definition) is 3. The summed E-state index contributed by atoms with van der Waals surface area (Å²) in [5, 5.41) is 6.57. The fourth-order valence-electron chi connectivity index (χ4n) is 1.97. The van der Waals surface area contributed by atoms with E-state index in [2.05, 4.69) is 21.2 Å². The minimum Gasteiger partial charge on any atom is -0.325 e. The van der Waals surface area contributed by atoms with Crippen LogP contribution in [0.3, 0.4) is 0 Å². The summed E-state index contributed by atoms with van der Waals surface area (Å²) in [5.74, 6) is 1.17. The molecule has 0 saturated carbocycles. The van der Waals surface area contributed by atoms with Gasteiger partial charge in [0.2, 0.25) is 10.0 Å². The molecule has 0 amide bonds. The first kappa shape index (κ1) is 17.5. The van der Waals surface area contributed by atoms with Crippen molar-refractivity contribution in [3.63, 3.8) is 0 Å². The van der Waals surface area contributed by atoms with Gasteiger partial charge in [0.15, 0.2) is 0 Å². The van der Waals surface area contributed by atoms with E-state index in [1.807, 2.05) is 11.8 Å². The lowest BCUT2D eigenvalue weighted by Gasteiger charge is -2.07. The van der Waals surface area contributed by atoms with Gasteiger partial charge in [0.1, 0.15) is 4.90 Å². The monoisotopic (exact) mass is 320 g/mol. The summed E-state index contributed by atoms with van der Waals surface area (Å²) < 4.78 is 27.0. The molecule has 1 aromatic rings. The molecule has 8 heteroatoms. The molecule has 0 saturated heterocycles. The minimum atomic E-state index is -3.52. The van der Waals surface area contributed by atoms with Gasteiger partial charge in [0.05, 0.1) is 11.4 Å². The van der Waals surface area contributed by atoms with Gasteiger partial charge in [-0.1, -0.05) is 12.8 Å². The smallest absolute Gasteiger partial charge is 0.244 e. The van der Waals surface area contributed by atoms with Gasteiger partial charge in [-0.3, -0.25) is 5.10 Å². The number of H-pyrrole nitrogens is 1. The molecular formula is C12H24N4O2S2. The second-order valence-corrected chi connectivity index (χ2v) is 7.32. The molecule has 1 heterocycles. The third kappa shape index (κ3) is 5.08. The van der Waals surface area contributed by atoms with Crippen molar-refractivity contribution >= 4 is 21.8 Å². The van der Waals surface area contributed by atoms with Crippen molar-refractivity contribution in [3.8, 4) is 0 Å². The number of nitrogens with two attached hydrogens (primary N) is 1. The summed E-state index contributed by atoms with van der Waals surface area (Å²) in [7, 11) is -3.52. The third-order valence-electron chi connectivity index (χ3n) is 2.99. The van der Waals surface area contributed by atoms with Gasteiger partial charge in [-0.2, -0.15) is 16.9 Å². The second-order valence-electron chi connectivity index (χ2n) is 4.63. The lowest BCUT2D eigenvalue weighted by molar-refractivity contribution is 0.572. The molecular weight excluding hydrogens is 296 g/mol. The summed E-state index contributed by atoms with van der Waals surface area (Å²) in [6.45, 7) is 2.24. The van der Waals surface area contributed by atoms with Gasteiger partial charge in [-0.25, -0.2) is 13.1 Å². The van der Waals surface area contributed by atoms with Gasteiger partial charge in [0, 0.05) is 13.1 Å². The molecule has 0 bridgehead atoms. The summed E-state index contributed by atoms with van der Waals surface area (Å²) in [6.07, 6.45) is 6.31. The molecule has 0 radical (unpaired) electrons. The Labute approximate surface area is 125 Å². The second kappa shape index (κ2) is 8.66. The van der Waals surface area contributed by atoms with E-state index in [1.165, 1.54) is 12.2 Å². The van der Waals surface area contributed by atoms with Gasteiger partial charge >= 0.3 is 0 Å². The van der Waals surface area contributed by atoms with Crippen molar-refractivity contribution < 1.29 is 8.42 Å². The van der Waals surface area contributed by atoms with E-state index in [0.717, 1.165) is 19.3 Å². The number of nitrogens with one attached hydrogen (secondary N) is 2. The van der Waals surface area contributed by atoms with Crippen molar-refractivity contribution in [1.29, 1.82) is 0 Å². The minimum absolute atomic E-state index is 0.106. The Morgan fingerprint density at radius 3 is 2.65 bits per heavy atom. The zero-order valence-corrected chi connectivity index (χ0v) is 13.7. The van der Waals surface area contributed by atoms with Crippen LogP contribution in [0.15, 0.2) is 4.90 Å². The highest BCUT2D eigenvalue weighted by atomic mass is 32.2. The summed E-state index contributed by atoms with van der Waals surface area (Å²) >= 11 is 1.84. The van der Waals surface area contributed by atoms with Crippen LogP contribution in [0, 0.1) is 6.92 Å². The molecule has 6 nitrogen and oxygen atoms in total. The third-order valence-corrected chi connectivity index (χ3v) is 5.35. The van der Waals surface area contributed by atoms with Crippen LogP contribution in [0.5, 0.6) is 0 Å². The highest BCUT2D eigenvalue weighted by Crippen LogP contribution is 2.16. The Bertz CT molecular complexity index is 500. The number of hydrogen-bond acceptors (Lipinski definition) is 5. The normalized spacial score (nSPS) is 11.9. The SMILES string of the molecule is CSCCCCCCNS(=O)(=O)c1c(CN)n[nH]c1C. The first-order chi connectivity index (χ1) is 9.53. The predicted molar refractivity (Wildman–Crippen MR) is 83.3 cm³/mol. The number of rotatable bonds is 10. The first-order valence-corrected chi connectivity index (χ1v) is 9.63. The number of nitrogens with zero attached hydrogens (tertiary/aromatic N) is 1. The summed E-state index contributed by atoms with van der Waals surface area (Å²) in [6, 6.07) is 0. The Kier molecular flexibility index (Phi) is 7.57. The molecule has 0 aliphatic heterocycles. The van der Waals surface area contributed by atoms with Crippen LogP contribution in [0.4, 0.5) is 0 Å². The van der Waals surface area contributed by atoms with E-state index < -0.39 is 10.0 Å². The molecule has 0 spiro atoms. The number of aryl methyl sites for hydroxylation is 1. The number of unbranched alkanes of at least 4 members (excludes halogenated alkanes) is 3. The zero-order valence-electron chi connectivity index (χ0n) is 12.1. The van der Waals surface area contributed by atoms with Crippen molar-refractivity contribution in [2.75, 3.05) is 18.6 Å². The number of aromatic amines is 1. The molecule has 1 aromatic heterocycles. The predicted octanol–water partition coefficient (Wildman–Crippen LogP) is 1.38. The molecule has 0 aromatic carbocycles. The Hall–Kier alpha value is -0.570. The Balaban J connectivity index is 2.44. The van der Waals surface area contributed by atoms with Crippen molar-refractivity contribution in [2.45, 2.75) is 44.0 Å². The molecule has 0 fully saturated rings. The fourth-order valence-corrected chi connectivity index (χ4v) is 3.91. The number of sulfonamides is 1. The molecule has 0 aliphatic rings. The molecule has 4 N–H and O–H groups in total. The van der Waals surface area contributed by atoms with Gasteiger partial charge < -0.3 is 5.73 Å². The molecule has 1 rings (SSSR count). The number of thioether (sulfide) groups is 1. The Morgan fingerprint density at radius 2 is 2.00 bits per heavy atom. The maximum Gasteiger partial charge on any atom is 0.244 e. The lowest BCUT2D eigenvalue weighted by atomic mass is 10.2. The molecule has 20 heavy (non-hydrogen) atoms. The summed E-state index contributed by atoms with van der Waals surface area (Å²) in [5.41, 5.74) is 6.42.